The predicted octanol–water partition coefficient (Wildman–Crippen LogP) is 10.7. The van der Waals surface area contributed by atoms with Crippen LogP contribution in [0.15, 0.2) is 109 Å². The van der Waals surface area contributed by atoms with Crippen LogP contribution in [0.3, 0.4) is 0 Å². The molecule has 0 fully saturated rings. The van der Waals surface area contributed by atoms with E-state index < -0.39 is 58.2 Å². The Kier molecular flexibility index (Phi) is 8.35. The molecule has 0 aromatic heterocycles. The van der Waals surface area contributed by atoms with Crippen molar-refractivity contribution in [1.29, 1.82) is 0 Å². The molecular formula is C30H18F12O2. The third-order valence-electron chi connectivity index (χ3n) is 6.36. The zero-order valence-corrected chi connectivity index (χ0v) is 21.7. The Morgan fingerprint density at radius 1 is 0.318 bits per heavy atom. The summed E-state index contributed by atoms with van der Waals surface area (Å²) in [6.45, 7) is 0. The van der Waals surface area contributed by atoms with Crippen LogP contribution in [-0.4, -0.2) is 23.7 Å². The lowest BCUT2D eigenvalue weighted by Crippen LogP contribution is -2.69. The standard InChI is InChI=1S/C30H18F12O2/c31-25(32,21-15-7-9-17-23(21)43-19-11-3-1-4-12-19)27(35,36)29(39,40)30(41,42)28(37,38)26(33,34)22-16-8-10-18-24(22)44-20-13-5-2-6-14-20/h1-18H. The number of alkyl halides is 12. The van der Waals surface area contributed by atoms with E-state index in [9.17, 15) is 35.1 Å². The third kappa shape index (κ3) is 5.19. The Morgan fingerprint density at radius 2 is 0.591 bits per heavy atom. The van der Waals surface area contributed by atoms with Crippen LogP contribution in [0.2, 0.25) is 0 Å². The van der Waals surface area contributed by atoms with E-state index in [4.69, 9.17) is 9.47 Å². The van der Waals surface area contributed by atoms with Gasteiger partial charge in [-0.1, -0.05) is 60.7 Å². The zero-order valence-electron chi connectivity index (χ0n) is 21.7. The van der Waals surface area contributed by atoms with Gasteiger partial charge in [-0.05, 0) is 48.5 Å². The van der Waals surface area contributed by atoms with Gasteiger partial charge in [-0.25, -0.2) is 0 Å². The summed E-state index contributed by atoms with van der Waals surface area (Å²) in [5.74, 6) is -46.1. The second-order valence-corrected chi connectivity index (χ2v) is 9.27. The molecule has 4 aromatic carbocycles. The van der Waals surface area contributed by atoms with Crippen LogP contribution in [0.5, 0.6) is 23.0 Å². The van der Waals surface area contributed by atoms with Gasteiger partial charge in [-0.15, -0.1) is 0 Å². The van der Waals surface area contributed by atoms with Crippen molar-refractivity contribution < 1.29 is 62.2 Å². The minimum atomic E-state index is -7.79. The SMILES string of the molecule is FC(F)(c1ccccc1Oc1ccccc1)C(F)(F)C(F)(F)C(F)(F)C(F)(F)C(F)(F)c1ccccc1Oc1ccccc1. The van der Waals surface area contributed by atoms with Gasteiger partial charge in [0.1, 0.15) is 23.0 Å². The number of ether oxygens (including phenoxy) is 2. The van der Waals surface area contributed by atoms with Crippen LogP contribution in [0.4, 0.5) is 52.7 Å². The van der Waals surface area contributed by atoms with E-state index in [-0.39, 0.29) is 23.6 Å². The van der Waals surface area contributed by atoms with Crippen molar-refractivity contribution in [3.63, 3.8) is 0 Å². The molecule has 0 aliphatic rings. The molecule has 0 atom stereocenters. The number of rotatable bonds is 11. The topological polar surface area (TPSA) is 18.5 Å². The van der Waals surface area contributed by atoms with Crippen molar-refractivity contribution in [3.05, 3.63) is 120 Å². The number of benzene rings is 4. The predicted molar refractivity (Wildman–Crippen MR) is 133 cm³/mol. The molecule has 4 aromatic rings. The maximum absolute atomic E-state index is 15.1. The minimum absolute atomic E-state index is 0.102. The second-order valence-electron chi connectivity index (χ2n) is 9.27. The largest absolute Gasteiger partial charge is 0.457 e. The molecule has 0 saturated heterocycles. The van der Waals surface area contributed by atoms with Gasteiger partial charge in [-0.3, -0.25) is 0 Å². The maximum atomic E-state index is 15.1. The minimum Gasteiger partial charge on any atom is -0.457 e. The van der Waals surface area contributed by atoms with E-state index in [1.807, 2.05) is 0 Å². The molecule has 0 aliphatic heterocycles. The highest BCUT2D eigenvalue weighted by molar-refractivity contribution is 5.44. The summed E-state index contributed by atoms with van der Waals surface area (Å²) in [7, 11) is 0. The fraction of sp³-hybridized carbons (Fsp3) is 0.200. The molecule has 0 unspecified atom stereocenters. The van der Waals surface area contributed by atoms with Crippen LogP contribution in [0.25, 0.3) is 0 Å². The first-order chi connectivity index (χ1) is 20.4. The highest BCUT2D eigenvalue weighted by atomic mass is 19.4. The molecular weight excluding hydrogens is 620 g/mol. The van der Waals surface area contributed by atoms with Gasteiger partial charge >= 0.3 is 35.5 Å². The summed E-state index contributed by atoms with van der Waals surface area (Å²) in [5, 5.41) is 0. The fourth-order valence-electron chi connectivity index (χ4n) is 3.99. The Bertz CT molecular complexity index is 1460. The van der Waals surface area contributed by atoms with E-state index in [1.165, 1.54) is 36.4 Å². The molecule has 4 rings (SSSR count). The van der Waals surface area contributed by atoms with E-state index in [1.54, 1.807) is 0 Å². The number of hydrogen-bond donors (Lipinski definition) is 0. The second kappa shape index (κ2) is 11.3. The summed E-state index contributed by atoms with van der Waals surface area (Å²) in [6, 6.07) is 17.2. The summed E-state index contributed by atoms with van der Waals surface area (Å²) in [6.07, 6.45) is 0. The molecule has 0 amide bonds. The lowest BCUT2D eigenvalue weighted by molar-refractivity contribution is -0.429. The molecule has 44 heavy (non-hydrogen) atoms. The first-order valence-corrected chi connectivity index (χ1v) is 12.3. The van der Waals surface area contributed by atoms with Crippen LogP contribution >= 0.6 is 0 Å². The average Bonchev–Trinajstić information content (AvgIpc) is 2.98. The molecule has 0 bridgehead atoms. The van der Waals surface area contributed by atoms with E-state index >= 15 is 17.6 Å². The van der Waals surface area contributed by atoms with Crippen molar-refractivity contribution in [2.24, 2.45) is 0 Å². The molecule has 234 valence electrons. The Balaban J connectivity index is 1.76. The average molecular weight is 638 g/mol. The molecule has 2 nitrogen and oxygen atoms in total. The summed E-state index contributed by atoms with van der Waals surface area (Å²) in [5.41, 5.74) is -4.22. The number of halogens is 12. The van der Waals surface area contributed by atoms with Crippen LogP contribution < -0.4 is 9.47 Å². The van der Waals surface area contributed by atoms with Gasteiger partial charge in [0.05, 0.1) is 11.1 Å². The maximum Gasteiger partial charge on any atom is 0.385 e. The highest BCUT2D eigenvalue weighted by Gasteiger charge is 2.90. The van der Waals surface area contributed by atoms with Gasteiger partial charge in [0, 0.05) is 0 Å². The van der Waals surface area contributed by atoms with Gasteiger partial charge in [0.2, 0.25) is 0 Å². The van der Waals surface area contributed by atoms with Crippen molar-refractivity contribution in [1.82, 2.24) is 0 Å². The van der Waals surface area contributed by atoms with Crippen LogP contribution in [0.1, 0.15) is 11.1 Å². The Labute approximate surface area is 241 Å². The van der Waals surface area contributed by atoms with Crippen molar-refractivity contribution in [3.8, 4) is 23.0 Å². The van der Waals surface area contributed by atoms with E-state index in [0.717, 1.165) is 36.4 Å². The number of hydrogen-bond acceptors (Lipinski definition) is 2. The first-order valence-electron chi connectivity index (χ1n) is 12.3. The molecule has 0 spiro atoms. The highest BCUT2D eigenvalue weighted by Crippen LogP contribution is 2.64. The van der Waals surface area contributed by atoms with Crippen molar-refractivity contribution >= 4 is 0 Å². The summed E-state index contributed by atoms with van der Waals surface area (Å²) in [4.78, 5) is 0. The molecule has 0 aliphatic carbocycles. The van der Waals surface area contributed by atoms with Gasteiger partial charge < -0.3 is 9.47 Å². The Hall–Kier alpha value is -4.36. The summed E-state index contributed by atoms with van der Waals surface area (Å²) < 4.78 is 190. The van der Waals surface area contributed by atoms with E-state index in [0.29, 0.717) is 24.3 Å². The molecule has 0 heterocycles. The normalized spacial score (nSPS) is 13.5. The lowest BCUT2D eigenvalue weighted by Gasteiger charge is -2.41. The summed E-state index contributed by atoms with van der Waals surface area (Å²) >= 11 is 0. The van der Waals surface area contributed by atoms with E-state index in [2.05, 4.69) is 0 Å². The van der Waals surface area contributed by atoms with Crippen molar-refractivity contribution in [2.45, 2.75) is 35.5 Å². The van der Waals surface area contributed by atoms with Crippen LogP contribution in [-0.2, 0) is 11.8 Å². The van der Waals surface area contributed by atoms with Crippen molar-refractivity contribution in [2.75, 3.05) is 0 Å². The quantitative estimate of drug-likeness (QED) is 0.152. The molecule has 0 radical (unpaired) electrons. The van der Waals surface area contributed by atoms with Gasteiger partial charge in [-0.2, -0.15) is 52.7 Å². The zero-order chi connectivity index (χ0) is 32.6. The van der Waals surface area contributed by atoms with Gasteiger partial charge in [0.25, 0.3) is 0 Å². The smallest absolute Gasteiger partial charge is 0.385 e. The van der Waals surface area contributed by atoms with Gasteiger partial charge in [0.15, 0.2) is 0 Å². The molecule has 0 N–H and O–H groups in total. The third-order valence-corrected chi connectivity index (χ3v) is 6.36. The van der Waals surface area contributed by atoms with Crippen LogP contribution in [0, 0.1) is 0 Å². The Morgan fingerprint density at radius 3 is 0.909 bits per heavy atom. The monoisotopic (exact) mass is 638 g/mol. The first kappa shape index (κ1) is 32.6. The molecule has 14 heteroatoms. The fourth-order valence-corrected chi connectivity index (χ4v) is 3.99. The molecule has 0 saturated carbocycles. The number of para-hydroxylation sites is 4. The lowest BCUT2D eigenvalue weighted by atomic mass is 9.86.